The second-order valence-corrected chi connectivity index (χ2v) is 21.1. The number of nitrogens with zero attached hydrogens (tertiary/aromatic N) is 4. The molecular formula is C50H44Cl4N6O14S2. The van der Waals surface area contributed by atoms with E-state index in [1.807, 2.05) is 0 Å². The van der Waals surface area contributed by atoms with Gasteiger partial charge in [0.1, 0.15) is 26.7 Å². The summed E-state index contributed by atoms with van der Waals surface area (Å²) in [5, 5.41) is 18.2. The minimum Gasteiger partial charge on any atom is -0.493 e. The average molecular weight is 1160 g/mol. The van der Waals surface area contributed by atoms with Gasteiger partial charge in [0.25, 0.3) is 20.0 Å². The zero-order chi connectivity index (χ0) is 55.2. The fourth-order valence-corrected chi connectivity index (χ4v) is 11.0. The van der Waals surface area contributed by atoms with E-state index in [2.05, 4.69) is 19.6 Å². The number of aromatic nitrogens is 4. The van der Waals surface area contributed by atoms with E-state index in [1.54, 1.807) is 69.3 Å². The van der Waals surface area contributed by atoms with Gasteiger partial charge in [-0.15, -0.1) is 0 Å². The van der Waals surface area contributed by atoms with E-state index in [4.69, 9.17) is 79.9 Å². The van der Waals surface area contributed by atoms with Crippen LogP contribution in [-0.4, -0.2) is 87.0 Å². The maximum atomic E-state index is 13.4. The van der Waals surface area contributed by atoms with Crippen LogP contribution >= 0.6 is 46.4 Å². The summed E-state index contributed by atoms with van der Waals surface area (Å²) < 4.78 is 93.8. The molecule has 0 aliphatic rings. The lowest BCUT2D eigenvalue weighted by molar-refractivity contribution is -0.140. The van der Waals surface area contributed by atoms with Crippen LogP contribution in [0, 0.1) is 13.8 Å². The molecule has 0 unspecified atom stereocenters. The molecular weight excluding hydrogens is 1110 g/mol. The maximum absolute atomic E-state index is 13.4. The number of carboxylic acid groups (broad SMARTS) is 1. The number of hydrogen-bond donors (Lipinski definition) is 3. The normalized spacial score (nSPS) is 11.3. The van der Waals surface area contributed by atoms with Gasteiger partial charge in [0.2, 0.25) is 0 Å². The van der Waals surface area contributed by atoms with Crippen LogP contribution in [0.4, 0.5) is 11.4 Å². The van der Waals surface area contributed by atoms with E-state index < -0.39 is 38.0 Å². The summed E-state index contributed by atoms with van der Waals surface area (Å²) in [4.78, 5) is 35.1. The number of esters is 2. The quantitative estimate of drug-likeness (QED) is 0.0675. The van der Waals surface area contributed by atoms with Gasteiger partial charge in [0.05, 0.1) is 85.6 Å². The fraction of sp³-hybridized carbons (Fsp3) is 0.180. The van der Waals surface area contributed by atoms with Crippen LogP contribution in [-0.2, 0) is 52.0 Å². The lowest BCUT2D eigenvalue weighted by Crippen LogP contribution is -2.15. The van der Waals surface area contributed by atoms with Crippen LogP contribution in [0.5, 0.6) is 34.5 Å². The third kappa shape index (κ3) is 13.1. The molecule has 0 radical (unpaired) electrons. The molecule has 4 heterocycles. The third-order valence-corrected chi connectivity index (χ3v) is 14.9. The summed E-state index contributed by atoms with van der Waals surface area (Å²) in [6, 6.07) is 22.4. The summed E-state index contributed by atoms with van der Waals surface area (Å²) in [7, 11) is -4.26. The van der Waals surface area contributed by atoms with Crippen LogP contribution < -0.4 is 28.4 Å². The zero-order valence-corrected chi connectivity index (χ0v) is 45.5. The molecule has 4 aromatic heterocycles. The van der Waals surface area contributed by atoms with E-state index in [1.165, 1.54) is 85.2 Å². The van der Waals surface area contributed by atoms with E-state index in [0.717, 1.165) is 0 Å². The molecule has 26 heteroatoms. The van der Waals surface area contributed by atoms with Gasteiger partial charge >= 0.3 is 17.9 Å². The first kappa shape index (κ1) is 56.3. The van der Waals surface area contributed by atoms with Crippen LogP contribution in [0.3, 0.4) is 0 Å². The van der Waals surface area contributed by atoms with Gasteiger partial charge in [-0.2, -0.15) is 10.2 Å². The number of methoxy groups -OCH3 is 3. The number of carboxylic acids is 1. The second kappa shape index (κ2) is 23.6. The van der Waals surface area contributed by atoms with Gasteiger partial charge in [0.15, 0.2) is 34.5 Å². The standard InChI is InChI=1S/C27H25Cl2N3O8S.C23H19Cl2N3O6S/c1-5-39-27(34)26-15(2)30-32-14-19(31-41(35,36)24-9-7-17(28)12-18(24)29)22(13-20(26)32)40-21-8-6-16(10-23(21)37-3)11-25(33)38-4;1-13-7-16-11-20(34-19-5-3-14(9-23(29)30)8-21(19)33-2)18(12-28(16)26-13)27-35(31,32)22-6-4-15(24)10-17(22)25/h6-10,12-14,31H,5,11H2,1-4H3;3-8,10-12,27H,9H2,1-2H3,(H,29,30). The van der Waals surface area contributed by atoms with Gasteiger partial charge in [-0.05, 0) is 98.6 Å². The van der Waals surface area contributed by atoms with Crippen LogP contribution in [0.1, 0.15) is 39.8 Å². The summed E-state index contributed by atoms with van der Waals surface area (Å²) in [5.41, 5.74) is 3.41. The van der Waals surface area contributed by atoms with Crippen molar-refractivity contribution >= 4 is 107 Å². The lowest BCUT2D eigenvalue weighted by Gasteiger charge is -2.17. The third-order valence-electron chi connectivity index (χ3n) is 10.8. The van der Waals surface area contributed by atoms with E-state index >= 15 is 0 Å². The predicted molar refractivity (Wildman–Crippen MR) is 284 cm³/mol. The highest BCUT2D eigenvalue weighted by atomic mass is 35.5. The highest BCUT2D eigenvalue weighted by Crippen LogP contribution is 2.41. The minimum atomic E-state index is -4.25. The highest BCUT2D eigenvalue weighted by molar-refractivity contribution is 7.93. The number of pyridine rings is 2. The molecule has 0 aliphatic carbocycles. The van der Waals surface area contributed by atoms with Crippen molar-refractivity contribution in [2.24, 2.45) is 0 Å². The average Bonchev–Trinajstić information content (AvgIpc) is 3.88. The maximum Gasteiger partial charge on any atom is 0.342 e. The van der Waals surface area contributed by atoms with E-state index in [0.29, 0.717) is 38.6 Å². The summed E-state index contributed by atoms with van der Waals surface area (Å²) in [6.07, 6.45) is 2.65. The zero-order valence-electron chi connectivity index (χ0n) is 40.8. The van der Waals surface area contributed by atoms with Crippen LogP contribution in [0.15, 0.2) is 113 Å². The van der Waals surface area contributed by atoms with E-state index in [9.17, 15) is 31.2 Å². The van der Waals surface area contributed by atoms with Crippen molar-refractivity contribution in [1.82, 2.24) is 19.2 Å². The Balaban J connectivity index is 0.000000224. The van der Waals surface area contributed by atoms with Crippen molar-refractivity contribution in [3.8, 4) is 34.5 Å². The molecule has 4 aromatic carbocycles. The Morgan fingerprint density at radius 3 is 1.62 bits per heavy atom. The number of anilines is 2. The molecule has 3 N–H and O–H groups in total. The Morgan fingerprint density at radius 2 is 1.13 bits per heavy atom. The van der Waals surface area contributed by atoms with Crippen molar-refractivity contribution < 1.29 is 64.7 Å². The number of sulfonamides is 2. The SMILES string of the molecule is CCOC(=O)c1c(C)nn2cc(NS(=O)(=O)c3ccc(Cl)cc3Cl)c(Oc3ccc(CC(=O)OC)cc3OC)cc12.COc1cc(CC(=O)O)ccc1Oc1cc2cc(C)nn2cc1NS(=O)(=O)c1ccc(Cl)cc1Cl. The highest BCUT2D eigenvalue weighted by Gasteiger charge is 2.26. The number of fused-ring (bicyclic) bond motifs is 2. The number of hydrogen-bond acceptors (Lipinski definition) is 15. The first-order valence-corrected chi connectivity index (χ1v) is 26.6. The molecule has 0 aliphatic heterocycles. The van der Waals surface area contributed by atoms with Gasteiger partial charge in [-0.1, -0.05) is 58.5 Å². The van der Waals surface area contributed by atoms with Gasteiger partial charge in [-0.3, -0.25) is 19.0 Å². The Morgan fingerprint density at radius 1 is 0.618 bits per heavy atom. The monoisotopic (exact) mass is 1160 g/mol. The first-order chi connectivity index (χ1) is 36.0. The second-order valence-electron chi connectivity index (χ2n) is 16.1. The molecule has 76 heavy (non-hydrogen) atoms. The Bertz CT molecular complexity index is 3800. The molecule has 20 nitrogen and oxygen atoms in total. The summed E-state index contributed by atoms with van der Waals surface area (Å²) >= 11 is 24.2. The Labute approximate surface area is 455 Å². The van der Waals surface area contributed by atoms with Gasteiger partial charge < -0.3 is 33.5 Å². The number of aliphatic carboxylic acids is 1. The molecule has 0 saturated carbocycles. The van der Waals surface area contributed by atoms with Gasteiger partial charge in [-0.25, -0.2) is 30.7 Å². The van der Waals surface area contributed by atoms with Crippen molar-refractivity contribution in [1.29, 1.82) is 0 Å². The van der Waals surface area contributed by atoms with Crippen LogP contribution in [0.2, 0.25) is 20.1 Å². The van der Waals surface area contributed by atoms with Gasteiger partial charge in [0, 0.05) is 22.2 Å². The summed E-state index contributed by atoms with van der Waals surface area (Å²) in [5.74, 6) is -0.857. The Kier molecular flexibility index (Phi) is 17.5. The number of aryl methyl sites for hydroxylation is 2. The topological polar surface area (TPSA) is 254 Å². The van der Waals surface area contributed by atoms with Crippen molar-refractivity contribution in [2.45, 2.75) is 43.4 Å². The lowest BCUT2D eigenvalue weighted by atomic mass is 10.1. The molecule has 0 fully saturated rings. The van der Waals surface area contributed by atoms with Crippen molar-refractivity contribution in [3.63, 3.8) is 0 Å². The molecule has 0 spiro atoms. The Hall–Kier alpha value is -7.47. The molecule has 0 amide bonds. The van der Waals surface area contributed by atoms with Crippen molar-refractivity contribution in [2.75, 3.05) is 37.4 Å². The molecule has 0 saturated heterocycles. The number of rotatable bonds is 18. The minimum absolute atomic E-state index is 0.00397. The number of halogens is 4. The number of carbonyl (C=O) groups excluding carboxylic acids is 2. The number of carbonyl (C=O) groups is 3. The number of benzene rings is 4. The van der Waals surface area contributed by atoms with E-state index in [-0.39, 0.29) is 95.7 Å². The summed E-state index contributed by atoms with van der Waals surface area (Å²) in [6.45, 7) is 5.25. The molecule has 0 bridgehead atoms. The molecule has 0 atom stereocenters. The number of ether oxygens (including phenoxy) is 6. The van der Waals surface area contributed by atoms with Crippen LogP contribution in [0.25, 0.3) is 11.0 Å². The first-order valence-electron chi connectivity index (χ1n) is 22.2. The fourth-order valence-electron chi connectivity index (χ4n) is 7.36. The number of nitrogens with one attached hydrogen (secondary N) is 2. The molecule has 8 aromatic rings. The largest absolute Gasteiger partial charge is 0.493 e. The predicted octanol–water partition coefficient (Wildman–Crippen LogP) is 10.6. The molecule has 8 rings (SSSR count). The molecule has 398 valence electrons. The van der Waals surface area contributed by atoms with Crippen molar-refractivity contribution in [3.05, 3.63) is 152 Å². The smallest absolute Gasteiger partial charge is 0.342 e.